The average molecular weight is 618 g/mol. The molecule has 0 radical (unpaired) electrons. The number of rotatable bonds is 8. The van der Waals surface area contributed by atoms with Gasteiger partial charge in [-0.2, -0.15) is 0 Å². The largest absolute Gasteiger partial charge is 0.573 e. The molecule has 224 valence electrons. The molecule has 3 aliphatic rings. The highest BCUT2D eigenvalue weighted by Gasteiger charge is 2.37. The quantitative estimate of drug-likeness (QED) is 0.262. The van der Waals surface area contributed by atoms with Crippen LogP contribution in [0.15, 0.2) is 82.1 Å². The van der Waals surface area contributed by atoms with Crippen LogP contribution in [0.4, 0.5) is 24.5 Å². The van der Waals surface area contributed by atoms with Crippen molar-refractivity contribution >= 4 is 33.2 Å². The average Bonchev–Trinajstić information content (AvgIpc) is 3.81. The number of alkyl halides is 3. The number of nitrogens with one attached hydrogen (secondary N) is 1. The van der Waals surface area contributed by atoms with Crippen LogP contribution in [-0.2, 0) is 22.8 Å². The second-order valence-corrected chi connectivity index (χ2v) is 14.3. The molecule has 3 aromatic rings. The standard InChI is InChI=1S/C31H34F3N3O3S2/c32-31(33,34)40-24-16-18-25(19-17-24)42(39,35-20-21-12-13-21)36-26-8-5-11-29(30(26)38)41-37-27-9-3-1-6-22(27)14-15-23-7-2-4-10-28(23)37/h1-4,6-7,9-10,16-19,21,26,29-30,38H,5,8,11-15,20H2,(H,35,36,39)/t26-,29?,30+,42?/m0/s1. The number of aliphatic hydroxyl groups is 1. The molecule has 2 fully saturated rings. The van der Waals surface area contributed by atoms with Crippen molar-refractivity contribution in [2.24, 2.45) is 10.3 Å². The minimum absolute atomic E-state index is 0.176. The van der Waals surface area contributed by atoms with Crippen molar-refractivity contribution in [3.05, 3.63) is 83.9 Å². The van der Waals surface area contributed by atoms with Crippen LogP contribution in [0, 0.1) is 5.92 Å². The molecule has 0 bridgehead atoms. The third-order valence-electron chi connectivity index (χ3n) is 8.02. The number of para-hydroxylation sites is 2. The van der Waals surface area contributed by atoms with E-state index in [9.17, 15) is 22.5 Å². The summed E-state index contributed by atoms with van der Waals surface area (Å²) in [6.45, 7) is 0.398. The first kappa shape index (κ1) is 29.3. The highest BCUT2D eigenvalue weighted by atomic mass is 32.2. The fourth-order valence-corrected chi connectivity index (χ4v) is 8.99. The Morgan fingerprint density at radius 3 is 2.14 bits per heavy atom. The number of halogens is 3. The molecule has 2 saturated carbocycles. The molecule has 0 aromatic heterocycles. The van der Waals surface area contributed by atoms with E-state index < -0.39 is 28.4 Å². The number of benzene rings is 3. The van der Waals surface area contributed by atoms with Crippen LogP contribution in [0.3, 0.4) is 0 Å². The Morgan fingerprint density at radius 1 is 0.929 bits per heavy atom. The van der Waals surface area contributed by atoms with E-state index in [0.29, 0.717) is 18.9 Å². The molecule has 0 amide bonds. The molecule has 3 aromatic carbocycles. The number of anilines is 2. The van der Waals surface area contributed by atoms with Crippen LogP contribution < -0.4 is 13.8 Å². The maximum absolute atomic E-state index is 14.3. The van der Waals surface area contributed by atoms with E-state index in [2.05, 4.69) is 54.5 Å². The van der Waals surface area contributed by atoms with Gasteiger partial charge in [-0.1, -0.05) is 42.8 Å². The van der Waals surface area contributed by atoms with E-state index >= 15 is 0 Å². The van der Waals surface area contributed by atoms with Gasteiger partial charge in [0.1, 0.15) is 15.7 Å². The van der Waals surface area contributed by atoms with Gasteiger partial charge in [-0.15, -0.1) is 13.2 Å². The second kappa shape index (κ2) is 12.1. The summed E-state index contributed by atoms with van der Waals surface area (Å²) in [4.78, 5) is 0.273. The lowest BCUT2D eigenvalue weighted by Gasteiger charge is -2.38. The van der Waals surface area contributed by atoms with E-state index in [4.69, 9.17) is 0 Å². The number of ether oxygens (including phenoxy) is 1. The van der Waals surface area contributed by atoms with Crippen molar-refractivity contribution in [1.82, 2.24) is 4.72 Å². The van der Waals surface area contributed by atoms with Crippen LogP contribution in [0.25, 0.3) is 0 Å². The SMILES string of the molecule is O=S(=NCC1CC1)(N[C@H]1CCCC(SN2c3ccccc3CCc3ccccc32)[C@@H]1O)c1ccc(OC(F)(F)F)cc1. The van der Waals surface area contributed by atoms with Crippen molar-refractivity contribution < 1.29 is 27.2 Å². The summed E-state index contributed by atoms with van der Waals surface area (Å²) in [5.74, 6) is -0.0226. The van der Waals surface area contributed by atoms with Gasteiger partial charge in [0.15, 0.2) is 0 Å². The molecule has 6 rings (SSSR count). The van der Waals surface area contributed by atoms with Crippen LogP contribution in [0.5, 0.6) is 5.75 Å². The lowest BCUT2D eigenvalue weighted by Crippen LogP contribution is -2.50. The molecule has 42 heavy (non-hydrogen) atoms. The first-order valence-electron chi connectivity index (χ1n) is 14.4. The summed E-state index contributed by atoms with van der Waals surface area (Å²) in [6.07, 6.45) is 0.465. The lowest BCUT2D eigenvalue weighted by molar-refractivity contribution is -0.274. The van der Waals surface area contributed by atoms with Gasteiger partial charge in [-0.3, -0.25) is 4.31 Å². The molecule has 6 nitrogen and oxygen atoms in total. The van der Waals surface area contributed by atoms with Crippen molar-refractivity contribution in [3.8, 4) is 5.75 Å². The lowest BCUT2D eigenvalue weighted by atomic mass is 9.93. The van der Waals surface area contributed by atoms with Crippen molar-refractivity contribution in [2.45, 2.75) is 73.6 Å². The molecule has 0 spiro atoms. The van der Waals surface area contributed by atoms with E-state index in [1.165, 1.54) is 23.3 Å². The summed E-state index contributed by atoms with van der Waals surface area (Å²) in [7, 11) is -3.22. The number of hydrogen-bond donors (Lipinski definition) is 2. The number of hydrogen-bond acceptors (Lipinski definition) is 6. The van der Waals surface area contributed by atoms with Gasteiger partial charge < -0.3 is 9.84 Å². The van der Waals surface area contributed by atoms with Gasteiger partial charge in [0.05, 0.1) is 34.2 Å². The molecular weight excluding hydrogens is 583 g/mol. The molecule has 2 aliphatic carbocycles. The third kappa shape index (κ3) is 6.74. The summed E-state index contributed by atoms with van der Waals surface area (Å²) in [5.41, 5.74) is 4.72. The first-order chi connectivity index (χ1) is 20.2. The zero-order valence-electron chi connectivity index (χ0n) is 23.0. The van der Waals surface area contributed by atoms with Crippen molar-refractivity contribution in [2.75, 3.05) is 10.8 Å². The topological polar surface area (TPSA) is 74.2 Å². The summed E-state index contributed by atoms with van der Waals surface area (Å²) in [6, 6.07) is 21.2. The van der Waals surface area contributed by atoms with Crippen LogP contribution >= 0.6 is 11.9 Å². The molecule has 2 N–H and O–H groups in total. The Hall–Kier alpha value is -2.73. The Morgan fingerprint density at radius 2 is 1.55 bits per heavy atom. The Balaban J connectivity index is 1.25. The molecule has 4 atom stereocenters. The minimum atomic E-state index is -4.81. The van der Waals surface area contributed by atoms with Gasteiger partial charge in [0, 0.05) is 6.04 Å². The second-order valence-electron chi connectivity index (χ2n) is 11.1. The predicted octanol–water partition coefficient (Wildman–Crippen LogP) is 7.19. The van der Waals surface area contributed by atoms with Gasteiger partial charge in [0.2, 0.25) is 0 Å². The first-order valence-corrected chi connectivity index (χ1v) is 16.7. The van der Waals surface area contributed by atoms with Gasteiger partial charge in [0.25, 0.3) is 0 Å². The highest BCUT2D eigenvalue weighted by molar-refractivity contribution is 8.01. The number of aliphatic hydroxyl groups excluding tert-OH is 1. The Kier molecular flexibility index (Phi) is 8.46. The molecule has 1 heterocycles. The smallest absolute Gasteiger partial charge is 0.406 e. The number of fused-ring (bicyclic) bond motifs is 2. The number of aryl methyl sites for hydroxylation is 2. The molecular formula is C31H34F3N3O3S2. The maximum atomic E-state index is 14.3. The fraction of sp³-hybridized carbons (Fsp3) is 0.419. The predicted molar refractivity (Wildman–Crippen MR) is 160 cm³/mol. The Bertz CT molecular complexity index is 1470. The van der Waals surface area contributed by atoms with Crippen LogP contribution in [0.1, 0.15) is 43.2 Å². The summed E-state index contributed by atoms with van der Waals surface area (Å²) >= 11 is 1.61. The highest BCUT2D eigenvalue weighted by Crippen LogP contribution is 2.44. The zero-order chi connectivity index (χ0) is 29.3. The monoisotopic (exact) mass is 617 g/mol. The minimum Gasteiger partial charge on any atom is -0.406 e. The van der Waals surface area contributed by atoms with Gasteiger partial charge in [-0.25, -0.2) is 13.3 Å². The maximum Gasteiger partial charge on any atom is 0.573 e. The molecule has 0 saturated heterocycles. The number of nitrogens with zero attached hydrogens (tertiary/aromatic N) is 2. The van der Waals surface area contributed by atoms with Crippen molar-refractivity contribution in [3.63, 3.8) is 0 Å². The van der Waals surface area contributed by atoms with E-state index in [1.54, 1.807) is 11.9 Å². The Labute approximate surface area is 249 Å². The van der Waals surface area contributed by atoms with Gasteiger partial charge >= 0.3 is 6.36 Å². The molecule has 1 aliphatic heterocycles. The van der Waals surface area contributed by atoms with E-state index in [1.807, 2.05) is 12.1 Å². The third-order valence-corrected chi connectivity index (χ3v) is 11.5. The fourth-order valence-electron chi connectivity index (χ4n) is 5.59. The molecule has 11 heteroatoms. The van der Waals surface area contributed by atoms with Crippen LogP contribution in [-0.4, -0.2) is 39.6 Å². The zero-order valence-corrected chi connectivity index (χ0v) is 24.6. The molecule has 2 unspecified atom stereocenters. The summed E-state index contributed by atoms with van der Waals surface area (Å²) in [5, 5.41) is 11.5. The van der Waals surface area contributed by atoms with Crippen LogP contribution in [0.2, 0.25) is 0 Å². The van der Waals surface area contributed by atoms with E-state index in [-0.39, 0.29) is 15.9 Å². The summed E-state index contributed by atoms with van der Waals surface area (Å²) < 4.78 is 66.4. The van der Waals surface area contributed by atoms with E-state index in [0.717, 1.165) is 62.0 Å². The normalized spacial score (nSPS) is 23.7. The van der Waals surface area contributed by atoms with Gasteiger partial charge in [-0.05, 0) is 104 Å². The van der Waals surface area contributed by atoms with Crippen molar-refractivity contribution in [1.29, 1.82) is 0 Å².